The average Bonchev–Trinajstić information content (AvgIpc) is 2.99. The third-order valence-corrected chi connectivity index (χ3v) is 4.70. The van der Waals surface area contributed by atoms with Gasteiger partial charge in [0, 0.05) is 37.9 Å². The molecule has 0 spiro atoms. The number of rotatable bonds is 5. The van der Waals surface area contributed by atoms with Crippen LogP contribution in [-0.4, -0.2) is 36.3 Å². The van der Waals surface area contributed by atoms with E-state index in [2.05, 4.69) is 35.0 Å². The summed E-state index contributed by atoms with van der Waals surface area (Å²) in [6, 6.07) is 10.5. The third-order valence-electron chi connectivity index (χ3n) is 4.70. The summed E-state index contributed by atoms with van der Waals surface area (Å²) in [4.78, 5) is 6.75. The Hall–Kier alpha value is -2.07. The van der Waals surface area contributed by atoms with Gasteiger partial charge in [-0.3, -0.25) is 4.98 Å². The fraction of sp³-hybridized carbons (Fsp3) is 0.421. The van der Waals surface area contributed by atoms with Gasteiger partial charge in [0.05, 0.1) is 0 Å². The minimum absolute atomic E-state index is 0.345. The maximum Gasteiger partial charge on any atom is 0.231 e. The number of hydrogen-bond acceptors (Lipinski definition) is 4. The van der Waals surface area contributed by atoms with Crippen molar-refractivity contribution < 1.29 is 9.47 Å². The van der Waals surface area contributed by atoms with Gasteiger partial charge in [-0.1, -0.05) is 19.1 Å². The van der Waals surface area contributed by atoms with E-state index in [0.29, 0.717) is 18.6 Å². The van der Waals surface area contributed by atoms with Gasteiger partial charge in [-0.25, -0.2) is 0 Å². The zero-order valence-corrected chi connectivity index (χ0v) is 13.4. The molecule has 0 radical (unpaired) electrons. The predicted molar refractivity (Wildman–Crippen MR) is 88.9 cm³/mol. The van der Waals surface area contributed by atoms with Crippen molar-refractivity contribution in [3.8, 4) is 11.5 Å². The second-order valence-corrected chi connectivity index (χ2v) is 6.70. The topological polar surface area (TPSA) is 34.6 Å². The smallest absolute Gasteiger partial charge is 0.231 e. The number of pyridine rings is 1. The van der Waals surface area contributed by atoms with Crippen molar-refractivity contribution in [3.05, 3.63) is 53.9 Å². The summed E-state index contributed by atoms with van der Waals surface area (Å²) in [6.45, 7) is 6.11. The molecule has 2 aliphatic rings. The van der Waals surface area contributed by atoms with E-state index in [1.165, 1.54) is 11.1 Å². The van der Waals surface area contributed by atoms with Gasteiger partial charge in [0.25, 0.3) is 0 Å². The molecule has 4 rings (SSSR count). The van der Waals surface area contributed by atoms with Gasteiger partial charge < -0.3 is 14.4 Å². The second kappa shape index (κ2) is 6.20. The van der Waals surface area contributed by atoms with Gasteiger partial charge in [0.15, 0.2) is 11.5 Å². The zero-order valence-electron chi connectivity index (χ0n) is 13.4. The van der Waals surface area contributed by atoms with Gasteiger partial charge in [0.1, 0.15) is 0 Å². The van der Waals surface area contributed by atoms with Crippen LogP contribution in [0.3, 0.4) is 0 Å². The van der Waals surface area contributed by atoms with E-state index in [-0.39, 0.29) is 0 Å². The monoisotopic (exact) mass is 310 g/mol. The van der Waals surface area contributed by atoms with Crippen LogP contribution >= 0.6 is 0 Å². The number of likely N-dealkylation sites (tertiary alicyclic amines) is 1. The highest BCUT2D eigenvalue weighted by Gasteiger charge is 2.28. The Morgan fingerprint density at radius 2 is 2.09 bits per heavy atom. The molecule has 4 nitrogen and oxygen atoms in total. The molecule has 1 aromatic carbocycles. The van der Waals surface area contributed by atoms with Gasteiger partial charge in [0.2, 0.25) is 6.79 Å². The second-order valence-electron chi connectivity index (χ2n) is 6.70. The van der Waals surface area contributed by atoms with E-state index in [9.17, 15) is 0 Å². The molecule has 23 heavy (non-hydrogen) atoms. The molecule has 0 aliphatic carbocycles. The largest absolute Gasteiger partial charge is 0.454 e. The van der Waals surface area contributed by atoms with Crippen molar-refractivity contribution in [2.24, 2.45) is 5.92 Å². The highest BCUT2D eigenvalue weighted by atomic mass is 16.7. The third kappa shape index (κ3) is 3.17. The number of hydrogen-bond donors (Lipinski definition) is 0. The van der Waals surface area contributed by atoms with Crippen molar-refractivity contribution in [2.45, 2.75) is 19.3 Å². The quantitative estimate of drug-likeness (QED) is 0.850. The Morgan fingerprint density at radius 1 is 1.22 bits per heavy atom. The predicted octanol–water partition coefficient (Wildman–Crippen LogP) is 3.09. The minimum Gasteiger partial charge on any atom is -0.454 e. The molecule has 1 fully saturated rings. The van der Waals surface area contributed by atoms with E-state index >= 15 is 0 Å². The standard InChI is InChI=1S/C19H22N2O2/c1-14(7-15-4-5-18-19(8-15)23-13-22-18)10-21-11-17(12-21)16-3-2-6-20-9-16/h2-6,8-9,14,17H,7,10-13H2,1H3/t14-/m1/s1. The van der Waals surface area contributed by atoms with E-state index in [1.54, 1.807) is 0 Å². The molecule has 2 aromatic rings. The fourth-order valence-corrected chi connectivity index (χ4v) is 3.52. The first-order valence-electron chi connectivity index (χ1n) is 8.29. The van der Waals surface area contributed by atoms with Crippen molar-refractivity contribution >= 4 is 0 Å². The Balaban J connectivity index is 1.27. The number of ether oxygens (including phenoxy) is 2. The molecule has 0 saturated carbocycles. The molecule has 1 aromatic heterocycles. The molecule has 4 heteroatoms. The van der Waals surface area contributed by atoms with Gasteiger partial charge in [-0.05, 0) is 41.7 Å². The Kier molecular flexibility index (Phi) is 3.92. The first-order valence-corrected chi connectivity index (χ1v) is 8.29. The molecule has 2 aliphatic heterocycles. The van der Waals surface area contributed by atoms with Crippen molar-refractivity contribution in [1.29, 1.82) is 0 Å². The zero-order chi connectivity index (χ0) is 15.6. The Morgan fingerprint density at radius 3 is 2.91 bits per heavy atom. The molecule has 0 N–H and O–H groups in total. The molecule has 1 saturated heterocycles. The first-order chi connectivity index (χ1) is 11.3. The van der Waals surface area contributed by atoms with Gasteiger partial charge >= 0.3 is 0 Å². The summed E-state index contributed by atoms with van der Waals surface area (Å²) in [6.07, 6.45) is 4.91. The van der Waals surface area contributed by atoms with Crippen LogP contribution in [0, 0.1) is 5.92 Å². The Bertz CT molecular complexity index is 668. The molecule has 1 atom stereocenters. The van der Waals surface area contributed by atoms with Crippen molar-refractivity contribution in [3.63, 3.8) is 0 Å². The van der Waals surface area contributed by atoms with Gasteiger partial charge in [-0.2, -0.15) is 0 Å². The highest BCUT2D eigenvalue weighted by Crippen LogP contribution is 2.33. The van der Waals surface area contributed by atoms with E-state index in [4.69, 9.17) is 9.47 Å². The van der Waals surface area contributed by atoms with Crippen LogP contribution < -0.4 is 9.47 Å². The average molecular weight is 310 g/mol. The number of fused-ring (bicyclic) bond motifs is 1. The Labute approximate surface area is 137 Å². The summed E-state index contributed by atoms with van der Waals surface area (Å²) in [7, 11) is 0. The summed E-state index contributed by atoms with van der Waals surface area (Å²) < 4.78 is 10.8. The maximum atomic E-state index is 5.46. The summed E-state index contributed by atoms with van der Waals surface area (Å²) >= 11 is 0. The highest BCUT2D eigenvalue weighted by molar-refractivity contribution is 5.44. The number of aromatic nitrogens is 1. The molecular formula is C19H22N2O2. The molecular weight excluding hydrogens is 288 g/mol. The minimum atomic E-state index is 0.345. The van der Waals surface area contributed by atoms with Crippen LogP contribution in [0.15, 0.2) is 42.7 Å². The van der Waals surface area contributed by atoms with Crippen LogP contribution in [0.25, 0.3) is 0 Å². The maximum absolute atomic E-state index is 5.46. The van der Waals surface area contributed by atoms with Crippen LogP contribution in [0.2, 0.25) is 0 Å². The van der Waals surface area contributed by atoms with Crippen LogP contribution in [0.4, 0.5) is 0 Å². The molecule has 0 amide bonds. The lowest BCUT2D eigenvalue weighted by molar-refractivity contribution is 0.127. The lowest BCUT2D eigenvalue weighted by atomic mass is 9.91. The van der Waals surface area contributed by atoms with Crippen molar-refractivity contribution in [1.82, 2.24) is 9.88 Å². The van der Waals surface area contributed by atoms with Crippen LogP contribution in [0.5, 0.6) is 11.5 Å². The summed E-state index contributed by atoms with van der Waals surface area (Å²) in [5.41, 5.74) is 2.69. The number of benzene rings is 1. The summed E-state index contributed by atoms with van der Waals surface area (Å²) in [5.74, 6) is 3.03. The molecule has 3 heterocycles. The lowest BCUT2D eigenvalue weighted by Gasteiger charge is -2.40. The SMILES string of the molecule is C[C@H](Cc1ccc2c(c1)OCO2)CN1CC(c2cccnc2)C1. The van der Waals surface area contributed by atoms with Crippen molar-refractivity contribution in [2.75, 3.05) is 26.4 Å². The van der Waals surface area contributed by atoms with Crippen LogP contribution in [-0.2, 0) is 6.42 Å². The first kappa shape index (κ1) is 14.5. The van der Waals surface area contributed by atoms with E-state index in [1.807, 2.05) is 24.5 Å². The molecule has 120 valence electrons. The number of nitrogens with zero attached hydrogens (tertiary/aromatic N) is 2. The van der Waals surface area contributed by atoms with Gasteiger partial charge in [-0.15, -0.1) is 0 Å². The fourth-order valence-electron chi connectivity index (χ4n) is 3.52. The normalized spacial score (nSPS) is 18.7. The van der Waals surface area contributed by atoms with Crippen LogP contribution in [0.1, 0.15) is 24.0 Å². The van der Waals surface area contributed by atoms with E-state index in [0.717, 1.165) is 37.6 Å². The molecule has 0 unspecified atom stereocenters. The summed E-state index contributed by atoms with van der Waals surface area (Å²) in [5, 5.41) is 0. The van der Waals surface area contributed by atoms with E-state index < -0.39 is 0 Å². The lowest BCUT2D eigenvalue weighted by Crippen LogP contribution is -2.47. The molecule has 0 bridgehead atoms.